The van der Waals surface area contributed by atoms with Crippen LogP contribution < -0.4 is 9.64 Å². The molecule has 1 atom stereocenters. The standard InChI is InChI=1S/C18H25NO3/c1-11(2)16(17(20)21)19-15-9-13(22-6)7-8-14(15)12(3)10-18(19,4)5/h7-11,16H,1-6H3,(H,20,21)/t16-/m1/s1. The van der Waals surface area contributed by atoms with Gasteiger partial charge in [-0.05, 0) is 44.4 Å². The third-order valence-electron chi connectivity index (χ3n) is 4.24. The van der Waals surface area contributed by atoms with Crippen molar-refractivity contribution in [3.8, 4) is 5.75 Å². The Balaban J connectivity index is 2.69. The Morgan fingerprint density at radius 1 is 1.32 bits per heavy atom. The molecule has 1 heterocycles. The zero-order valence-electron chi connectivity index (χ0n) is 14.2. The summed E-state index contributed by atoms with van der Waals surface area (Å²) in [5, 5.41) is 9.75. The molecule has 0 aliphatic carbocycles. The molecule has 0 aromatic heterocycles. The van der Waals surface area contributed by atoms with E-state index in [0.29, 0.717) is 0 Å². The van der Waals surface area contributed by atoms with E-state index in [2.05, 4.69) is 26.8 Å². The van der Waals surface area contributed by atoms with Gasteiger partial charge in [-0.3, -0.25) is 0 Å². The highest BCUT2D eigenvalue weighted by Crippen LogP contribution is 2.42. The lowest BCUT2D eigenvalue weighted by molar-refractivity contribution is -0.140. The molecular weight excluding hydrogens is 278 g/mol. The van der Waals surface area contributed by atoms with Gasteiger partial charge in [0, 0.05) is 17.3 Å². The molecule has 1 aromatic rings. The molecule has 120 valence electrons. The number of aliphatic carboxylic acids is 1. The number of hydrogen-bond donors (Lipinski definition) is 1. The largest absolute Gasteiger partial charge is 0.497 e. The maximum atomic E-state index is 11.9. The van der Waals surface area contributed by atoms with Crippen molar-refractivity contribution in [2.24, 2.45) is 5.92 Å². The lowest BCUT2D eigenvalue weighted by Gasteiger charge is -2.47. The van der Waals surface area contributed by atoms with Gasteiger partial charge in [0.25, 0.3) is 0 Å². The minimum Gasteiger partial charge on any atom is -0.497 e. The molecule has 1 aliphatic heterocycles. The maximum Gasteiger partial charge on any atom is 0.326 e. The predicted octanol–water partition coefficient (Wildman–Crippen LogP) is 3.81. The van der Waals surface area contributed by atoms with Gasteiger partial charge >= 0.3 is 5.97 Å². The Labute approximate surface area is 132 Å². The fourth-order valence-corrected chi connectivity index (χ4v) is 3.36. The first-order valence-electron chi connectivity index (χ1n) is 7.59. The Bertz CT molecular complexity index is 617. The van der Waals surface area contributed by atoms with E-state index < -0.39 is 12.0 Å². The predicted molar refractivity (Wildman–Crippen MR) is 89.5 cm³/mol. The normalized spacial score (nSPS) is 17.8. The quantitative estimate of drug-likeness (QED) is 0.919. The van der Waals surface area contributed by atoms with Gasteiger partial charge in [0.15, 0.2) is 0 Å². The number of allylic oxidation sites excluding steroid dienone is 1. The minimum absolute atomic E-state index is 0.0115. The van der Waals surface area contributed by atoms with Crippen LogP contribution in [0.25, 0.3) is 5.57 Å². The lowest BCUT2D eigenvalue weighted by Crippen LogP contribution is -2.56. The molecule has 0 unspecified atom stereocenters. The first-order chi connectivity index (χ1) is 10.2. The van der Waals surface area contributed by atoms with Gasteiger partial charge in [0.1, 0.15) is 11.8 Å². The second kappa shape index (κ2) is 5.67. The van der Waals surface area contributed by atoms with Crippen LogP contribution in [-0.2, 0) is 4.79 Å². The van der Waals surface area contributed by atoms with E-state index in [1.807, 2.05) is 36.9 Å². The summed E-state index contributed by atoms with van der Waals surface area (Å²) >= 11 is 0. The molecule has 0 spiro atoms. The number of hydrogen-bond acceptors (Lipinski definition) is 3. The maximum absolute atomic E-state index is 11.9. The number of methoxy groups -OCH3 is 1. The van der Waals surface area contributed by atoms with Crippen LogP contribution >= 0.6 is 0 Å². The zero-order chi connectivity index (χ0) is 16.7. The van der Waals surface area contributed by atoms with Crippen LogP contribution in [0, 0.1) is 5.92 Å². The van der Waals surface area contributed by atoms with Crippen molar-refractivity contribution >= 4 is 17.2 Å². The highest BCUT2D eigenvalue weighted by Gasteiger charge is 2.40. The average Bonchev–Trinajstić information content (AvgIpc) is 2.41. The number of carbonyl (C=O) groups is 1. The van der Waals surface area contributed by atoms with Crippen molar-refractivity contribution < 1.29 is 14.6 Å². The summed E-state index contributed by atoms with van der Waals surface area (Å²) in [7, 11) is 1.62. The molecule has 0 saturated carbocycles. The van der Waals surface area contributed by atoms with Crippen LogP contribution in [0.5, 0.6) is 5.75 Å². The molecule has 0 saturated heterocycles. The summed E-state index contributed by atoms with van der Waals surface area (Å²) < 4.78 is 5.34. The van der Waals surface area contributed by atoms with E-state index >= 15 is 0 Å². The number of ether oxygens (including phenoxy) is 1. The lowest BCUT2D eigenvalue weighted by atomic mass is 9.85. The van der Waals surface area contributed by atoms with E-state index in [0.717, 1.165) is 22.6 Å². The van der Waals surface area contributed by atoms with E-state index in [-0.39, 0.29) is 11.5 Å². The molecule has 1 aliphatic rings. The van der Waals surface area contributed by atoms with E-state index in [1.54, 1.807) is 7.11 Å². The van der Waals surface area contributed by atoms with E-state index in [4.69, 9.17) is 4.74 Å². The van der Waals surface area contributed by atoms with Gasteiger partial charge in [-0.15, -0.1) is 0 Å². The number of carboxylic acids is 1. The molecule has 1 N–H and O–H groups in total. The highest BCUT2D eigenvalue weighted by molar-refractivity contribution is 5.87. The van der Waals surface area contributed by atoms with Crippen molar-refractivity contribution in [3.63, 3.8) is 0 Å². The second-order valence-corrected chi connectivity index (χ2v) is 6.76. The van der Waals surface area contributed by atoms with Gasteiger partial charge in [-0.2, -0.15) is 0 Å². The molecule has 0 amide bonds. The number of anilines is 1. The van der Waals surface area contributed by atoms with Crippen LogP contribution in [0.1, 0.15) is 40.2 Å². The summed E-state index contributed by atoms with van der Waals surface area (Å²) in [5.41, 5.74) is 2.76. The van der Waals surface area contributed by atoms with Crippen molar-refractivity contribution in [1.29, 1.82) is 0 Å². The zero-order valence-corrected chi connectivity index (χ0v) is 14.2. The molecular formula is C18H25NO3. The van der Waals surface area contributed by atoms with Crippen LogP contribution in [-0.4, -0.2) is 29.8 Å². The Hall–Kier alpha value is -1.97. The molecule has 4 nitrogen and oxygen atoms in total. The molecule has 0 bridgehead atoms. The SMILES string of the molecule is COc1ccc2c(c1)N([C@@H](C(=O)O)C(C)C)C(C)(C)C=C2C. The first-order valence-corrected chi connectivity index (χ1v) is 7.59. The smallest absolute Gasteiger partial charge is 0.326 e. The molecule has 4 heteroatoms. The number of benzene rings is 1. The van der Waals surface area contributed by atoms with Crippen molar-refractivity contribution in [2.45, 2.75) is 46.2 Å². The van der Waals surface area contributed by atoms with Crippen LogP contribution in [0.2, 0.25) is 0 Å². The molecule has 0 fully saturated rings. The van der Waals surface area contributed by atoms with E-state index in [1.165, 1.54) is 0 Å². The van der Waals surface area contributed by atoms with Crippen molar-refractivity contribution in [2.75, 3.05) is 12.0 Å². The Kier molecular flexibility index (Phi) is 4.23. The summed E-state index contributed by atoms with van der Waals surface area (Å²) in [4.78, 5) is 13.9. The first kappa shape index (κ1) is 16.4. The minimum atomic E-state index is -0.801. The van der Waals surface area contributed by atoms with Gasteiger partial charge in [0.2, 0.25) is 0 Å². The molecule has 1 aromatic carbocycles. The van der Waals surface area contributed by atoms with Gasteiger partial charge in [0.05, 0.1) is 12.6 Å². The molecule has 22 heavy (non-hydrogen) atoms. The summed E-state index contributed by atoms with van der Waals surface area (Å²) in [6, 6.07) is 5.26. The third-order valence-corrected chi connectivity index (χ3v) is 4.24. The van der Waals surface area contributed by atoms with Crippen LogP contribution in [0.4, 0.5) is 5.69 Å². The van der Waals surface area contributed by atoms with Crippen LogP contribution in [0.15, 0.2) is 24.3 Å². The highest BCUT2D eigenvalue weighted by atomic mass is 16.5. The molecule has 0 radical (unpaired) electrons. The van der Waals surface area contributed by atoms with Gasteiger partial charge < -0.3 is 14.7 Å². The monoisotopic (exact) mass is 303 g/mol. The Morgan fingerprint density at radius 3 is 2.45 bits per heavy atom. The van der Waals surface area contributed by atoms with Gasteiger partial charge in [-0.1, -0.05) is 19.9 Å². The fraction of sp³-hybridized carbons (Fsp3) is 0.500. The van der Waals surface area contributed by atoms with Crippen molar-refractivity contribution in [3.05, 3.63) is 29.8 Å². The fourth-order valence-electron chi connectivity index (χ4n) is 3.36. The summed E-state index contributed by atoms with van der Waals surface area (Å²) in [5.74, 6) is -0.0745. The molecule has 2 rings (SSSR count). The second-order valence-electron chi connectivity index (χ2n) is 6.76. The third kappa shape index (κ3) is 2.70. The van der Waals surface area contributed by atoms with E-state index in [9.17, 15) is 9.90 Å². The van der Waals surface area contributed by atoms with Crippen molar-refractivity contribution in [1.82, 2.24) is 0 Å². The summed E-state index contributed by atoms with van der Waals surface area (Å²) in [6.45, 7) is 10.1. The van der Waals surface area contributed by atoms with Gasteiger partial charge in [-0.25, -0.2) is 4.79 Å². The number of carboxylic acid groups (broad SMARTS) is 1. The average molecular weight is 303 g/mol. The topological polar surface area (TPSA) is 49.8 Å². The number of rotatable bonds is 4. The number of fused-ring (bicyclic) bond motifs is 1. The number of nitrogens with zero attached hydrogens (tertiary/aromatic N) is 1. The Morgan fingerprint density at radius 2 is 1.95 bits per heavy atom. The van der Waals surface area contributed by atoms with Crippen LogP contribution in [0.3, 0.4) is 0 Å². The summed E-state index contributed by atoms with van der Waals surface area (Å²) in [6.07, 6.45) is 2.14.